The Morgan fingerprint density at radius 2 is 1.47 bits per heavy atom. The number of carbonyl (C=O) groups is 1. The van der Waals surface area contributed by atoms with E-state index in [1.165, 1.54) is 22.9 Å². The quantitative estimate of drug-likeness (QED) is 0.549. The maximum atomic E-state index is 12.3. The lowest BCUT2D eigenvalue weighted by Crippen LogP contribution is -2.35. The van der Waals surface area contributed by atoms with Crippen LogP contribution in [0.25, 0.3) is 0 Å². The van der Waals surface area contributed by atoms with Crippen LogP contribution in [0.4, 0.5) is 37.1 Å². The molecule has 1 aromatic carbocycles. The molecule has 0 saturated heterocycles. The van der Waals surface area contributed by atoms with E-state index in [1.54, 1.807) is 5.32 Å². The first kappa shape index (κ1) is 25.3. The maximum Gasteiger partial charge on any atom is 0.422 e. The molecule has 0 spiro atoms. The summed E-state index contributed by atoms with van der Waals surface area (Å²) < 4.78 is 109. The zero-order chi connectivity index (χ0) is 24.2. The summed E-state index contributed by atoms with van der Waals surface area (Å²) in [5, 5.41) is 1.52. The number of sulfonamides is 1. The molecule has 0 unspecified atom stereocenters. The van der Waals surface area contributed by atoms with Crippen molar-refractivity contribution < 1.29 is 49.0 Å². The van der Waals surface area contributed by atoms with Gasteiger partial charge in [-0.3, -0.25) is 5.32 Å². The summed E-state index contributed by atoms with van der Waals surface area (Å²) >= 11 is 5.74. The number of halogens is 7. The average molecular weight is 509 g/mol. The summed E-state index contributed by atoms with van der Waals surface area (Å²) in [6.45, 7) is -3.73. The van der Waals surface area contributed by atoms with Crippen molar-refractivity contribution >= 4 is 33.6 Å². The van der Waals surface area contributed by atoms with E-state index >= 15 is 0 Å². The molecule has 0 aliphatic heterocycles. The molecule has 0 aliphatic rings. The number of ether oxygens (including phenoxy) is 2. The minimum atomic E-state index is -4.81. The number of alkyl halides is 6. The first-order valence-electron chi connectivity index (χ1n) is 8.01. The Kier molecular flexibility index (Phi) is 7.61. The highest BCUT2D eigenvalue weighted by molar-refractivity contribution is 7.90. The largest absolute Gasteiger partial charge is 0.468 e. The topological polar surface area (TPSA) is 120 Å². The van der Waals surface area contributed by atoms with E-state index in [1.807, 2.05) is 0 Å². The van der Waals surface area contributed by atoms with E-state index in [0.717, 1.165) is 6.07 Å². The highest BCUT2D eigenvalue weighted by Crippen LogP contribution is 2.24. The lowest BCUT2D eigenvalue weighted by molar-refractivity contribution is -0.154. The van der Waals surface area contributed by atoms with Crippen LogP contribution in [0.5, 0.6) is 11.8 Å². The molecule has 0 saturated carbocycles. The van der Waals surface area contributed by atoms with Crippen LogP contribution in [-0.2, 0) is 10.0 Å². The Balaban J connectivity index is 2.22. The van der Waals surface area contributed by atoms with Gasteiger partial charge in [0, 0.05) is 0 Å². The van der Waals surface area contributed by atoms with Crippen LogP contribution in [-0.4, -0.2) is 50.0 Å². The van der Waals surface area contributed by atoms with Gasteiger partial charge in [-0.15, -0.1) is 0 Å². The molecule has 1 heterocycles. The third-order valence-electron chi connectivity index (χ3n) is 3.03. The molecule has 17 heteroatoms. The standard InChI is InChI=1S/C15H11ClF6N4O5S/c16-8-3-1-2-4-9(8)32(28,29)26-13(27)25-12-23-10(30-6-14(17,18)19)5-11(24-12)31-7-15(20,21)22/h1-5H,6-7H2,(H2,23,24,25,26,27). The monoisotopic (exact) mass is 508 g/mol. The van der Waals surface area contributed by atoms with Crippen molar-refractivity contribution in [1.29, 1.82) is 0 Å². The highest BCUT2D eigenvalue weighted by Gasteiger charge is 2.30. The number of anilines is 1. The van der Waals surface area contributed by atoms with E-state index in [-0.39, 0.29) is 5.02 Å². The number of nitrogens with zero attached hydrogens (tertiary/aromatic N) is 2. The minimum Gasteiger partial charge on any atom is -0.468 e. The van der Waals surface area contributed by atoms with E-state index in [0.29, 0.717) is 6.07 Å². The normalized spacial score (nSPS) is 12.2. The zero-order valence-electron chi connectivity index (χ0n) is 15.3. The number of benzene rings is 1. The Morgan fingerprint density at radius 3 is 1.94 bits per heavy atom. The van der Waals surface area contributed by atoms with Gasteiger partial charge in [-0.1, -0.05) is 23.7 Å². The molecule has 2 amide bonds. The molecule has 0 aliphatic carbocycles. The summed E-state index contributed by atoms with van der Waals surface area (Å²) in [7, 11) is -4.50. The molecule has 0 radical (unpaired) electrons. The van der Waals surface area contributed by atoms with Crippen molar-refractivity contribution in [1.82, 2.24) is 14.7 Å². The van der Waals surface area contributed by atoms with E-state index < -0.39 is 64.2 Å². The van der Waals surface area contributed by atoms with Gasteiger partial charge in [-0.25, -0.2) is 17.9 Å². The van der Waals surface area contributed by atoms with Crippen molar-refractivity contribution in [2.24, 2.45) is 0 Å². The zero-order valence-corrected chi connectivity index (χ0v) is 16.9. The SMILES string of the molecule is O=C(Nc1nc(OCC(F)(F)F)cc(OCC(F)(F)F)n1)NS(=O)(=O)c1ccccc1Cl. The van der Waals surface area contributed by atoms with Gasteiger partial charge in [0.15, 0.2) is 13.2 Å². The molecule has 9 nitrogen and oxygen atoms in total. The summed E-state index contributed by atoms with van der Waals surface area (Å²) in [4.78, 5) is 18.2. The molecule has 0 atom stereocenters. The second kappa shape index (κ2) is 9.64. The number of urea groups is 1. The van der Waals surface area contributed by atoms with Crippen LogP contribution in [0.15, 0.2) is 35.2 Å². The van der Waals surface area contributed by atoms with Gasteiger partial charge >= 0.3 is 18.4 Å². The Hall–Kier alpha value is -3.01. The number of hydrogen-bond acceptors (Lipinski definition) is 7. The fraction of sp³-hybridized carbons (Fsp3) is 0.267. The van der Waals surface area contributed by atoms with Gasteiger partial charge in [0.25, 0.3) is 10.0 Å². The van der Waals surface area contributed by atoms with E-state index in [4.69, 9.17) is 11.6 Å². The molecule has 0 fully saturated rings. The van der Waals surface area contributed by atoms with Crippen LogP contribution in [0.2, 0.25) is 5.02 Å². The Bertz CT molecular complexity index is 1040. The third-order valence-corrected chi connectivity index (χ3v) is 4.86. The minimum absolute atomic E-state index is 0.227. The second-order valence-electron chi connectivity index (χ2n) is 5.67. The van der Waals surface area contributed by atoms with E-state index in [9.17, 15) is 39.6 Å². The second-order valence-corrected chi connectivity index (χ2v) is 7.72. The highest BCUT2D eigenvalue weighted by atomic mass is 35.5. The lowest BCUT2D eigenvalue weighted by atomic mass is 10.4. The molecule has 2 aromatic rings. The van der Waals surface area contributed by atoms with Crippen molar-refractivity contribution in [2.45, 2.75) is 17.2 Å². The Labute approximate surface area is 180 Å². The van der Waals surface area contributed by atoms with Gasteiger partial charge in [-0.2, -0.15) is 36.3 Å². The number of hydrogen-bond donors (Lipinski definition) is 2. The van der Waals surface area contributed by atoms with Gasteiger partial charge in [-0.05, 0) is 12.1 Å². The van der Waals surface area contributed by atoms with Crippen molar-refractivity contribution in [2.75, 3.05) is 18.5 Å². The fourth-order valence-electron chi connectivity index (χ4n) is 1.89. The van der Waals surface area contributed by atoms with Crippen molar-refractivity contribution in [3.8, 4) is 11.8 Å². The van der Waals surface area contributed by atoms with E-state index in [2.05, 4.69) is 19.4 Å². The summed E-state index contributed by atoms with van der Waals surface area (Å²) in [6.07, 6.45) is -9.63. The molecular formula is C15H11ClF6N4O5S. The number of aromatic nitrogens is 2. The van der Waals surface area contributed by atoms with Gasteiger partial charge in [0.1, 0.15) is 4.90 Å². The predicted octanol–water partition coefficient (Wildman–Crippen LogP) is 3.52. The number of rotatable bonds is 7. The van der Waals surface area contributed by atoms with Gasteiger partial charge in [0.05, 0.1) is 11.1 Å². The predicted molar refractivity (Wildman–Crippen MR) is 95.9 cm³/mol. The van der Waals surface area contributed by atoms with Gasteiger partial charge < -0.3 is 9.47 Å². The van der Waals surface area contributed by atoms with Crippen LogP contribution in [0.1, 0.15) is 0 Å². The van der Waals surface area contributed by atoms with Crippen LogP contribution in [0.3, 0.4) is 0 Å². The van der Waals surface area contributed by atoms with Crippen LogP contribution in [0, 0.1) is 0 Å². The van der Waals surface area contributed by atoms with Crippen LogP contribution < -0.4 is 19.5 Å². The summed E-state index contributed by atoms with van der Waals surface area (Å²) in [5.74, 6) is -2.72. The molecular weight excluding hydrogens is 498 g/mol. The smallest absolute Gasteiger partial charge is 0.422 e. The van der Waals surface area contributed by atoms with Gasteiger partial charge in [0.2, 0.25) is 17.7 Å². The first-order chi connectivity index (χ1) is 14.6. The maximum absolute atomic E-state index is 12.3. The van der Waals surface area contributed by atoms with Crippen molar-refractivity contribution in [3.63, 3.8) is 0 Å². The molecule has 1 aromatic heterocycles. The molecule has 2 N–H and O–H groups in total. The molecule has 0 bridgehead atoms. The van der Waals surface area contributed by atoms with Crippen LogP contribution >= 0.6 is 11.6 Å². The van der Waals surface area contributed by atoms with Crippen molar-refractivity contribution in [3.05, 3.63) is 35.4 Å². The Morgan fingerprint density at radius 1 is 0.969 bits per heavy atom. The molecule has 32 heavy (non-hydrogen) atoms. The summed E-state index contributed by atoms with van der Waals surface area (Å²) in [5.41, 5.74) is 0. The number of carbonyl (C=O) groups excluding carboxylic acids is 1. The molecule has 176 valence electrons. The third kappa shape index (κ3) is 8.26. The lowest BCUT2D eigenvalue weighted by Gasteiger charge is -2.13. The number of nitrogens with one attached hydrogen (secondary N) is 2. The fourth-order valence-corrected chi connectivity index (χ4v) is 3.31. The average Bonchev–Trinajstić information content (AvgIpc) is 2.63. The first-order valence-corrected chi connectivity index (χ1v) is 9.87. The number of amides is 2. The summed E-state index contributed by atoms with van der Waals surface area (Å²) in [6, 6.07) is 4.05. The molecule has 2 rings (SSSR count).